The molecule has 6 aromatic rings. The molecular formula is C75H99F6N6O30P3. The molecule has 0 saturated carbocycles. The zero-order valence-electron chi connectivity index (χ0n) is 67.7. The van der Waals surface area contributed by atoms with Crippen LogP contribution in [-0.2, 0) is 70.1 Å². The molecule has 0 amide bonds. The highest BCUT2D eigenvalue weighted by molar-refractivity contribution is 7.55. The van der Waals surface area contributed by atoms with Crippen molar-refractivity contribution in [3.8, 4) is 17.2 Å². The van der Waals surface area contributed by atoms with Crippen LogP contribution >= 0.6 is 22.8 Å². The smallest absolute Gasteiger partial charge is 0.380 e. The predicted molar refractivity (Wildman–Crippen MR) is 412 cm³/mol. The highest BCUT2D eigenvalue weighted by Crippen LogP contribution is 2.59. The molecule has 3 aliphatic rings. The number of rotatable bonds is 33. The van der Waals surface area contributed by atoms with Crippen LogP contribution in [0.3, 0.4) is 0 Å². The van der Waals surface area contributed by atoms with Gasteiger partial charge >= 0.3 is 57.8 Å². The number of carbonyl (C=O) groups excluding carboxylic acids is 3. The van der Waals surface area contributed by atoms with Crippen LogP contribution in [0.4, 0.5) is 26.3 Å². The molecule has 18 atom stereocenters. The second-order valence-corrected chi connectivity index (χ2v) is 37.1. The van der Waals surface area contributed by atoms with Gasteiger partial charge in [-0.05, 0) is 119 Å². The predicted octanol–water partition coefficient (Wildman–Crippen LogP) is 6.87. The van der Waals surface area contributed by atoms with Gasteiger partial charge in [0.1, 0.15) is 90.7 Å². The molecule has 45 heteroatoms. The van der Waals surface area contributed by atoms with Gasteiger partial charge in [0.05, 0.1) is 73.1 Å². The van der Waals surface area contributed by atoms with Crippen LogP contribution in [0, 0.1) is 35.2 Å². The average Bonchev–Trinajstić information content (AvgIpc) is 1.60. The number of H-pyrrole nitrogens is 3. The van der Waals surface area contributed by atoms with Gasteiger partial charge in [-0.25, -0.2) is 41.3 Å². The average molecular weight is 1770 g/mol. The molecule has 6 heterocycles. The van der Waals surface area contributed by atoms with Crippen LogP contribution in [0.25, 0.3) is 0 Å². The van der Waals surface area contributed by atoms with Crippen molar-refractivity contribution < 1.29 is 141 Å². The van der Waals surface area contributed by atoms with E-state index in [0.717, 1.165) is 0 Å². The zero-order chi connectivity index (χ0) is 90.1. The van der Waals surface area contributed by atoms with Gasteiger partial charge in [-0.3, -0.25) is 71.0 Å². The molecule has 3 fully saturated rings. The third kappa shape index (κ3) is 23.4. The minimum atomic E-state index is -4.30. The minimum Gasteiger partial charge on any atom is -0.463 e. The molecule has 120 heavy (non-hydrogen) atoms. The van der Waals surface area contributed by atoms with Crippen molar-refractivity contribution in [2.45, 2.75) is 211 Å². The Labute approximate surface area is 681 Å². The number of para-hydroxylation sites is 3. The van der Waals surface area contributed by atoms with Gasteiger partial charge in [0.2, 0.25) is 17.5 Å². The maximum atomic E-state index is 14.2. The Balaban J connectivity index is 0.000000248. The number of aromatic nitrogens is 6. The molecule has 0 aliphatic carbocycles. The topological polar surface area (TPSA) is 499 Å². The fourth-order valence-corrected chi connectivity index (χ4v) is 19.6. The normalized spacial score (nSPS) is 25.4. The molecule has 3 aromatic heterocycles. The van der Waals surface area contributed by atoms with E-state index in [0.29, 0.717) is 32.3 Å². The molecular weight excluding hydrogens is 1670 g/mol. The monoisotopic (exact) mass is 1770 g/mol. The first-order valence-corrected chi connectivity index (χ1v) is 42.4. The first-order chi connectivity index (χ1) is 55.6. The Kier molecular flexibility index (Phi) is 32.2. The van der Waals surface area contributed by atoms with Gasteiger partial charge < -0.3 is 72.6 Å². The van der Waals surface area contributed by atoms with E-state index in [1.165, 1.54) is 98.7 Å². The third-order valence-electron chi connectivity index (χ3n) is 18.6. The number of nitrogens with zero attached hydrogens (tertiary/aromatic N) is 3. The van der Waals surface area contributed by atoms with Crippen LogP contribution < -0.4 is 47.3 Å². The summed E-state index contributed by atoms with van der Waals surface area (Å²) in [5, 5.41) is 65.9. The number of benzene rings is 3. The maximum Gasteiger partial charge on any atom is 0.380 e. The Morgan fingerprint density at radius 1 is 0.417 bits per heavy atom. The highest BCUT2D eigenvalue weighted by Gasteiger charge is 2.65. The SMILES string of the molecule is CC(C)OC(=O)[C@H](C)CP(=O)(Oc1ccccc1)OC(C)(C)[C@H]1O[C@@H](n2cc(F)c(=O)[nH]c2=O)C(O)(CF)[C@H]1O.CC(C)OC(=O)[C@H](C)C[P@@](=O)(Oc1ccccc1)OC(C)(C)[C@H]1O[C@@H](n2cc(F)c(=O)[nH]c2=O)C(O)(CF)[C@H]1O.CC(C)OC(=O)[C@H](C)C[P@](=O)(Oc1ccccc1)OC(C)(C)[C@H]1O[C@@H](n2cc(F)c(=O)[nH]c2=O)C(O)(CF)[C@H]1O. The van der Waals surface area contributed by atoms with Crippen LogP contribution in [0.2, 0.25) is 0 Å². The van der Waals surface area contributed by atoms with E-state index in [1.54, 1.807) is 111 Å². The number of esters is 3. The third-order valence-corrected chi connectivity index (χ3v) is 25.3. The fraction of sp³-hybridized carbons (Fsp3) is 0.560. The quantitative estimate of drug-likeness (QED) is 0.00878. The molecule has 3 aliphatic heterocycles. The number of aromatic amines is 3. The van der Waals surface area contributed by atoms with Gasteiger partial charge in [0, 0.05) is 0 Å². The summed E-state index contributed by atoms with van der Waals surface area (Å²) in [6.45, 7) is 17.1. The summed E-state index contributed by atoms with van der Waals surface area (Å²) in [6.07, 6.45) is -18.9. The molecule has 4 unspecified atom stereocenters. The van der Waals surface area contributed by atoms with E-state index in [2.05, 4.69) is 0 Å². The van der Waals surface area contributed by atoms with Gasteiger partial charge in [-0.1, -0.05) is 75.4 Å². The van der Waals surface area contributed by atoms with Crippen molar-refractivity contribution in [3.05, 3.63) is 190 Å². The molecule has 666 valence electrons. The number of hydrogen-bond acceptors (Lipinski definition) is 30. The Morgan fingerprint density at radius 3 is 0.817 bits per heavy atom. The Morgan fingerprint density at radius 2 is 0.625 bits per heavy atom. The molecule has 0 radical (unpaired) electrons. The van der Waals surface area contributed by atoms with Crippen LogP contribution in [0.15, 0.2) is 138 Å². The zero-order valence-corrected chi connectivity index (χ0v) is 70.4. The minimum absolute atomic E-state index is 0.132. The summed E-state index contributed by atoms with van der Waals surface area (Å²) in [5.41, 5.74) is -21.7. The summed E-state index contributed by atoms with van der Waals surface area (Å²) >= 11 is 0. The van der Waals surface area contributed by atoms with Gasteiger partial charge in [-0.2, -0.15) is 13.2 Å². The molecule has 9 N–H and O–H groups in total. The number of aliphatic hydroxyl groups excluding tert-OH is 3. The number of ether oxygens (including phenoxy) is 6. The van der Waals surface area contributed by atoms with Crippen molar-refractivity contribution in [1.82, 2.24) is 28.7 Å². The van der Waals surface area contributed by atoms with E-state index < -0.39 is 255 Å². The van der Waals surface area contributed by atoms with Gasteiger partial charge in [-0.15, -0.1) is 0 Å². The van der Waals surface area contributed by atoms with Crippen molar-refractivity contribution in [2.75, 3.05) is 38.5 Å². The Hall–Kier alpha value is -8.70. The summed E-state index contributed by atoms with van der Waals surface area (Å²) in [7, 11) is -12.9. The standard InChI is InChI=1S/3C25H33F2N2O10P/c3*1-14(2)36-21(32)15(3)12-40(35,38-16-9-7-6-8-10-16)39-24(4,5)19-18(30)25(34,13-26)22(37-19)29-11-17(27)20(31)28-23(29)33/h3*6-11,14-15,18-19,22,30,34H,12-13H2,1-5H3,(H,28,31,33)/t15-,18+,19+,22-,25?,40?;15-,18+,19+,22-,25?,40+;15-,18+,19+,22-,25?,40-/m111/s1. The molecule has 9 rings (SSSR count). The van der Waals surface area contributed by atoms with Gasteiger partial charge in [0.25, 0.3) is 16.7 Å². The lowest BCUT2D eigenvalue weighted by atomic mass is 9.88. The summed E-state index contributed by atoms with van der Waals surface area (Å²) < 4.78 is 195. The molecule has 36 nitrogen and oxygen atoms in total. The van der Waals surface area contributed by atoms with E-state index in [-0.39, 0.29) is 17.2 Å². The van der Waals surface area contributed by atoms with E-state index in [1.807, 2.05) is 0 Å². The first-order valence-electron chi connectivity index (χ1n) is 37.2. The van der Waals surface area contributed by atoms with Crippen molar-refractivity contribution in [3.63, 3.8) is 0 Å². The lowest BCUT2D eigenvalue weighted by molar-refractivity contribution is -0.152. The van der Waals surface area contributed by atoms with Gasteiger partial charge in [0.15, 0.2) is 35.5 Å². The number of aliphatic hydroxyl groups is 6. The molecule has 0 bridgehead atoms. The van der Waals surface area contributed by atoms with Crippen LogP contribution in [-0.4, -0.2) is 204 Å². The highest BCUT2D eigenvalue weighted by atomic mass is 31.2. The number of nitrogens with one attached hydrogen (secondary N) is 3. The van der Waals surface area contributed by atoms with Crippen molar-refractivity contribution in [2.24, 2.45) is 17.8 Å². The first kappa shape index (κ1) is 98.4. The Bertz CT molecular complexity index is 4590. The van der Waals surface area contributed by atoms with Crippen LogP contribution in [0.5, 0.6) is 17.2 Å². The van der Waals surface area contributed by atoms with E-state index >= 15 is 0 Å². The number of carbonyl (C=O) groups is 3. The lowest BCUT2D eigenvalue weighted by Gasteiger charge is -2.36. The van der Waals surface area contributed by atoms with E-state index in [4.69, 9.17) is 55.6 Å². The molecule has 0 spiro atoms. The lowest BCUT2D eigenvalue weighted by Crippen LogP contribution is -2.54. The van der Waals surface area contributed by atoms with Crippen molar-refractivity contribution >= 4 is 40.7 Å². The fourth-order valence-electron chi connectivity index (χ4n) is 12.8. The second kappa shape index (κ2) is 39.2. The number of halogens is 6. The van der Waals surface area contributed by atoms with E-state index in [9.17, 15) is 114 Å². The molecule has 3 saturated heterocycles. The number of hydrogen-bond donors (Lipinski definition) is 9. The van der Waals surface area contributed by atoms with Crippen LogP contribution in [0.1, 0.15) is 123 Å². The largest absolute Gasteiger partial charge is 0.463 e. The number of alkyl halides is 3. The summed E-state index contributed by atoms with van der Waals surface area (Å²) in [6, 6.07) is 23.7. The maximum absolute atomic E-state index is 14.2. The molecule has 3 aromatic carbocycles. The summed E-state index contributed by atoms with van der Waals surface area (Å²) in [5.74, 6) is -8.82. The second-order valence-electron chi connectivity index (χ2n) is 31.2. The van der Waals surface area contributed by atoms with Crippen molar-refractivity contribution in [1.29, 1.82) is 0 Å². The summed E-state index contributed by atoms with van der Waals surface area (Å²) in [4.78, 5) is 114.